The summed E-state index contributed by atoms with van der Waals surface area (Å²) < 4.78 is 1.90. The third-order valence-electron chi connectivity index (χ3n) is 5.77. The number of quaternary nitrogens is 1. The van der Waals surface area contributed by atoms with E-state index in [0.717, 1.165) is 29.2 Å². The van der Waals surface area contributed by atoms with Crippen LogP contribution in [0.25, 0.3) is 5.69 Å². The molecule has 0 bridgehead atoms. The number of aryl methyl sites for hydroxylation is 2. The average Bonchev–Trinajstić information content (AvgIpc) is 3.42. The average molecular weight is 437 g/mol. The zero-order chi connectivity index (χ0) is 22.0. The van der Waals surface area contributed by atoms with Crippen LogP contribution >= 0.6 is 11.8 Å². The van der Waals surface area contributed by atoms with Gasteiger partial charge in [0.1, 0.15) is 11.4 Å². The number of carbonyl (C=O) groups is 2. The molecule has 3 aromatic rings. The Labute approximate surface area is 185 Å². The molecule has 31 heavy (non-hydrogen) atoms. The van der Waals surface area contributed by atoms with Crippen LogP contribution in [0.5, 0.6) is 0 Å². The van der Waals surface area contributed by atoms with Crippen molar-refractivity contribution in [2.75, 3.05) is 12.3 Å². The molecule has 1 aliphatic rings. The highest BCUT2D eigenvalue weighted by Gasteiger charge is 2.53. The predicted molar refractivity (Wildman–Crippen MR) is 122 cm³/mol. The second-order valence-electron chi connectivity index (χ2n) is 7.85. The van der Waals surface area contributed by atoms with Crippen LogP contribution in [0, 0.1) is 13.8 Å². The molecule has 0 saturated carbocycles. The Bertz CT molecular complexity index is 1090. The van der Waals surface area contributed by atoms with Gasteiger partial charge in [0.15, 0.2) is 16.9 Å². The minimum Gasteiger partial charge on any atom is -0.364 e. The van der Waals surface area contributed by atoms with Gasteiger partial charge in [-0.2, -0.15) is 0 Å². The van der Waals surface area contributed by atoms with E-state index in [1.807, 2.05) is 73.3 Å². The van der Waals surface area contributed by atoms with Crippen molar-refractivity contribution in [3.05, 3.63) is 66.2 Å². The van der Waals surface area contributed by atoms with Gasteiger partial charge in [-0.15, -0.1) is 0 Å². The normalized spacial score (nSPS) is 20.6. The number of para-hydroxylation sites is 2. The number of nitrogens with zero attached hydrogens (tertiary/aromatic N) is 4. The highest BCUT2D eigenvalue weighted by Crippen LogP contribution is 2.40. The molecule has 2 aromatic heterocycles. The van der Waals surface area contributed by atoms with Crippen molar-refractivity contribution >= 4 is 29.3 Å². The molecule has 1 aromatic carbocycles. The lowest BCUT2D eigenvalue weighted by Gasteiger charge is -2.36. The highest BCUT2D eigenvalue weighted by molar-refractivity contribution is 7.99. The lowest BCUT2D eigenvalue weighted by Crippen LogP contribution is -2.62. The summed E-state index contributed by atoms with van der Waals surface area (Å²) in [6.07, 6.45) is 5.22. The molecule has 3 heterocycles. The topological polar surface area (TPSA) is 90.9 Å². The lowest BCUT2D eigenvalue weighted by molar-refractivity contribution is -0.134. The van der Waals surface area contributed by atoms with Gasteiger partial charge in [-0.25, -0.2) is 19.2 Å². The largest absolute Gasteiger partial charge is 0.364 e. The van der Waals surface area contributed by atoms with Crippen LogP contribution in [0.3, 0.4) is 0 Å². The fourth-order valence-corrected chi connectivity index (χ4v) is 5.41. The summed E-state index contributed by atoms with van der Waals surface area (Å²) in [6.45, 7) is 4.36. The second kappa shape index (κ2) is 8.64. The molecular formula is C23H26N5O2S+. The van der Waals surface area contributed by atoms with E-state index in [9.17, 15) is 9.59 Å². The number of hydrogen-bond acceptors (Lipinski definition) is 5. The molecule has 0 radical (unpaired) electrons. The first-order valence-electron chi connectivity index (χ1n) is 10.3. The molecule has 2 N–H and O–H groups in total. The molecule has 1 saturated heterocycles. The number of benzene rings is 1. The molecule has 160 valence electrons. The summed E-state index contributed by atoms with van der Waals surface area (Å²) in [6, 6.07) is 12.9. The summed E-state index contributed by atoms with van der Waals surface area (Å²) in [5.41, 5.74) is 9.22. The van der Waals surface area contributed by atoms with Crippen molar-refractivity contribution in [2.45, 2.75) is 37.9 Å². The smallest absolute Gasteiger partial charge is 0.329 e. The van der Waals surface area contributed by atoms with E-state index in [-0.39, 0.29) is 16.1 Å². The van der Waals surface area contributed by atoms with E-state index >= 15 is 0 Å². The number of likely N-dealkylation sites (tertiary alicyclic amines) is 1. The van der Waals surface area contributed by atoms with Crippen LogP contribution in [0.15, 0.2) is 60.0 Å². The quantitative estimate of drug-likeness (QED) is 0.364. The molecule has 0 aliphatic carbocycles. The number of carbonyl (C=O) groups excluding carboxylic acids is 2. The molecule has 1 unspecified atom stereocenters. The highest BCUT2D eigenvalue weighted by atomic mass is 32.2. The zero-order valence-corrected chi connectivity index (χ0v) is 18.5. The van der Waals surface area contributed by atoms with Gasteiger partial charge < -0.3 is 10.3 Å². The van der Waals surface area contributed by atoms with Crippen molar-refractivity contribution in [3.63, 3.8) is 0 Å². The van der Waals surface area contributed by atoms with Gasteiger partial charge >= 0.3 is 5.91 Å². The van der Waals surface area contributed by atoms with E-state index in [2.05, 4.69) is 9.97 Å². The molecule has 2 atom stereocenters. The van der Waals surface area contributed by atoms with E-state index < -0.39 is 11.9 Å². The first-order valence-corrected chi connectivity index (χ1v) is 11.3. The second-order valence-corrected chi connectivity index (χ2v) is 8.79. The Morgan fingerprint density at radius 1 is 1.13 bits per heavy atom. The first-order chi connectivity index (χ1) is 14.9. The van der Waals surface area contributed by atoms with Crippen LogP contribution in [-0.2, 0) is 9.59 Å². The van der Waals surface area contributed by atoms with Gasteiger partial charge in [0, 0.05) is 42.7 Å². The predicted octanol–water partition coefficient (Wildman–Crippen LogP) is 3.16. The van der Waals surface area contributed by atoms with E-state index in [4.69, 9.17) is 5.73 Å². The van der Waals surface area contributed by atoms with Gasteiger partial charge in [0.2, 0.25) is 0 Å². The first kappa shape index (κ1) is 21.3. The van der Waals surface area contributed by atoms with Crippen LogP contribution in [0.1, 0.15) is 24.2 Å². The molecule has 8 heteroatoms. The maximum atomic E-state index is 13.8. The summed E-state index contributed by atoms with van der Waals surface area (Å²) >= 11 is 1.31. The maximum Gasteiger partial charge on any atom is 0.329 e. The molecule has 4 rings (SSSR count). The third-order valence-corrected chi connectivity index (χ3v) is 6.61. The Balaban J connectivity index is 1.75. The number of primary amides is 1. The number of nitrogens with two attached hydrogens (primary N) is 1. The fourth-order valence-electron chi connectivity index (χ4n) is 4.51. The lowest BCUT2D eigenvalue weighted by atomic mass is 10.1. The number of aromatic nitrogens is 3. The Kier molecular flexibility index (Phi) is 5.93. The van der Waals surface area contributed by atoms with Crippen molar-refractivity contribution in [1.82, 2.24) is 19.0 Å². The van der Waals surface area contributed by atoms with E-state index in [1.54, 1.807) is 0 Å². The summed E-state index contributed by atoms with van der Waals surface area (Å²) in [7, 11) is 0. The maximum absolute atomic E-state index is 13.8. The fraction of sp³-hybridized carbons (Fsp3) is 0.304. The van der Waals surface area contributed by atoms with Crippen LogP contribution in [-0.4, -0.2) is 44.7 Å². The Hall–Kier alpha value is -2.97. The van der Waals surface area contributed by atoms with E-state index in [0.29, 0.717) is 18.1 Å². The van der Waals surface area contributed by atoms with Gasteiger partial charge in [0.05, 0.1) is 6.54 Å². The summed E-state index contributed by atoms with van der Waals surface area (Å²) in [4.78, 5) is 35.2. The Morgan fingerprint density at radius 3 is 2.48 bits per heavy atom. The zero-order valence-electron chi connectivity index (χ0n) is 17.7. The number of hydrogen-bond donors (Lipinski definition) is 1. The van der Waals surface area contributed by atoms with Crippen molar-refractivity contribution < 1.29 is 9.59 Å². The van der Waals surface area contributed by atoms with Crippen molar-refractivity contribution in [2.24, 2.45) is 5.73 Å². The van der Waals surface area contributed by atoms with Gasteiger partial charge in [-0.05, 0) is 38.1 Å². The van der Waals surface area contributed by atoms with E-state index in [1.165, 1.54) is 11.8 Å². The van der Waals surface area contributed by atoms with Crippen molar-refractivity contribution in [3.8, 4) is 5.69 Å². The monoisotopic (exact) mass is 436 g/mol. The molecule has 7 nitrogen and oxygen atoms in total. The number of thioether (sulfide) groups is 1. The molecule has 1 fully saturated rings. The van der Waals surface area contributed by atoms with Gasteiger partial charge in [-0.3, -0.25) is 4.79 Å². The standard InChI is InChI=1S/C23H25N5O2S/c1-16-14-17(2)26-23(25-16)31-15-21(29)28(13-7-10-20(28)22(24)30)19-9-4-3-8-18(19)27-11-5-6-12-27/h3-6,8-9,11-12,14,20H,7,10,13,15H2,1-2H3,(H-,24,30)/p+1/t20-,28?/m0/s1. The van der Waals surface area contributed by atoms with Gasteiger partial charge in [0.25, 0.3) is 5.91 Å². The van der Waals surface area contributed by atoms with Crippen LogP contribution in [0.4, 0.5) is 5.69 Å². The van der Waals surface area contributed by atoms with Crippen LogP contribution < -0.4 is 10.2 Å². The minimum absolute atomic E-state index is 0.0614. The molecule has 2 amide bonds. The third kappa shape index (κ3) is 4.00. The minimum atomic E-state index is -0.593. The van der Waals surface area contributed by atoms with Gasteiger partial charge in [-0.1, -0.05) is 23.9 Å². The SMILES string of the molecule is Cc1cc(C)nc(SCC(=O)[N+]2(c3ccccc3-n3cccc3)CCC[C@H]2C(N)=O)n1. The Morgan fingerprint density at radius 2 is 1.81 bits per heavy atom. The summed E-state index contributed by atoms with van der Waals surface area (Å²) in [5, 5.41) is 0.567. The molecular weight excluding hydrogens is 410 g/mol. The van der Waals surface area contributed by atoms with Crippen LogP contribution in [0.2, 0.25) is 0 Å². The number of amides is 2. The summed E-state index contributed by atoms with van der Waals surface area (Å²) in [5.74, 6) is -0.346. The molecule has 1 aliphatic heterocycles. The van der Waals surface area contributed by atoms with Crippen molar-refractivity contribution in [1.29, 1.82) is 0 Å². The molecule has 0 spiro atoms. The number of rotatable bonds is 6.